The highest BCUT2D eigenvalue weighted by molar-refractivity contribution is 9.13. The number of carbonyl (C=O) groups excluding carboxylic acids is 1. The highest BCUT2D eigenvalue weighted by Crippen LogP contribution is 2.33. The van der Waals surface area contributed by atoms with E-state index < -0.39 is 0 Å². The topological polar surface area (TPSA) is 40.5 Å². The fourth-order valence-corrected chi connectivity index (χ4v) is 3.45. The van der Waals surface area contributed by atoms with Gasteiger partial charge in [-0.3, -0.25) is 4.79 Å². The predicted molar refractivity (Wildman–Crippen MR) is 80.6 cm³/mol. The SMILES string of the molecule is CN(C(=O)c1cc(Br)c(Br)s1)c1cccc(O)c1. The lowest BCUT2D eigenvalue weighted by atomic mass is 10.2. The molecule has 0 radical (unpaired) electrons. The van der Waals surface area contributed by atoms with E-state index in [1.165, 1.54) is 16.2 Å². The quantitative estimate of drug-likeness (QED) is 0.832. The number of nitrogens with zero attached hydrogens (tertiary/aromatic N) is 1. The molecule has 1 aromatic carbocycles. The number of hydrogen-bond donors (Lipinski definition) is 1. The van der Waals surface area contributed by atoms with Gasteiger partial charge in [-0.1, -0.05) is 6.07 Å². The van der Waals surface area contributed by atoms with Crippen molar-refractivity contribution in [2.24, 2.45) is 0 Å². The number of aromatic hydroxyl groups is 1. The third kappa shape index (κ3) is 2.76. The molecule has 0 atom stereocenters. The van der Waals surface area contributed by atoms with Crippen LogP contribution in [0.3, 0.4) is 0 Å². The molecule has 1 heterocycles. The Morgan fingerprint density at radius 1 is 1.33 bits per heavy atom. The van der Waals surface area contributed by atoms with Gasteiger partial charge in [0, 0.05) is 23.3 Å². The van der Waals surface area contributed by atoms with Crippen LogP contribution in [0.15, 0.2) is 38.6 Å². The average Bonchev–Trinajstić information content (AvgIpc) is 2.68. The summed E-state index contributed by atoms with van der Waals surface area (Å²) in [7, 11) is 1.68. The Bertz CT molecular complexity index is 578. The summed E-state index contributed by atoms with van der Waals surface area (Å²) >= 11 is 8.08. The zero-order chi connectivity index (χ0) is 13.3. The summed E-state index contributed by atoms with van der Waals surface area (Å²) in [4.78, 5) is 14.4. The van der Waals surface area contributed by atoms with Crippen molar-refractivity contribution in [2.45, 2.75) is 0 Å². The molecule has 2 rings (SSSR count). The maximum atomic E-state index is 12.2. The van der Waals surface area contributed by atoms with Gasteiger partial charge in [0.15, 0.2) is 0 Å². The number of amides is 1. The van der Waals surface area contributed by atoms with Crippen LogP contribution in [0.4, 0.5) is 5.69 Å². The Balaban J connectivity index is 2.29. The van der Waals surface area contributed by atoms with Crippen LogP contribution in [0.5, 0.6) is 5.75 Å². The Morgan fingerprint density at radius 2 is 2.06 bits per heavy atom. The highest BCUT2D eigenvalue weighted by atomic mass is 79.9. The monoisotopic (exact) mass is 389 g/mol. The first-order valence-electron chi connectivity index (χ1n) is 5.01. The molecule has 1 aromatic heterocycles. The van der Waals surface area contributed by atoms with E-state index in [9.17, 15) is 9.90 Å². The smallest absolute Gasteiger partial charge is 0.268 e. The molecule has 0 aliphatic rings. The molecule has 0 saturated heterocycles. The van der Waals surface area contributed by atoms with Crippen LogP contribution in [0.1, 0.15) is 9.67 Å². The minimum Gasteiger partial charge on any atom is -0.508 e. The minimum atomic E-state index is -0.114. The number of hydrogen-bond acceptors (Lipinski definition) is 3. The van der Waals surface area contributed by atoms with E-state index in [1.807, 2.05) is 0 Å². The molecule has 6 heteroatoms. The lowest BCUT2D eigenvalue weighted by Gasteiger charge is -2.16. The zero-order valence-electron chi connectivity index (χ0n) is 9.35. The first-order valence-corrected chi connectivity index (χ1v) is 7.41. The lowest BCUT2D eigenvalue weighted by Crippen LogP contribution is -2.25. The van der Waals surface area contributed by atoms with E-state index in [0.717, 1.165) is 8.26 Å². The summed E-state index contributed by atoms with van der Waals surface area (Å²) in [6, 6.07) is 8.37. The van der Waals surface area contributed by atoms with Crippen LogP contribution in [0, 0.1) is 0 Å². The van der Waals surface area contributed by atoms with Gasteiger partial charge < -0.3 is 10.0 Å². The second-order valence-electron chi connectivity index (χ2n) is 3.62. The van der Waals surface area contributed by atoms with E-state index in [1.54, 1.807) is 37.4 Å². The molecular weight excluding hydrogens is 382 g/mol. The van der Waals surface area contributed by atoms with Crippen molar-refractivity contribution in [3.05, 3.63) is 43.5 Å². The second kappa shape index (κ2) is 5.42. The van der Waals surface area contributed by atoms with Crippen LogP contribution >= 0.6 is 43.2 Å². The van der Waals surface area contributed by atoms with E-state index in [0.29, 0.717) is 10.6 Å². The molecule has 0 saturated carbocycles. The van der Waals surface area contributed by atoms with Gasteiger partial charge in [-0.15, -0.1) is 11.3 Å². The highest BCUT2D eigenvalue weighted by Gasteiger charge is 2.17. The van der Waals surface area contributed by atoms with Crippen molar-refractivity contribution >= 4 is 54.8 Å². The predicted octanol–water partition coefficient (Wildman–Crippen LogP) is 4.26. The van der Waals surface area contributed by atoms with Crippen LogP contribution in [-0.4, -0.2) is 18.1 Å². The molecule has 2 aromatic rings. The summed E-state index contributed by atoms with van der Waals surface area (Å²) in [6.45, 7) is 0. The van der Waals surface area contributed by atoms with Crippen LogP contribution in [0.2, 0.25) is 0 Å². The third-order valence-electron chi connectivity index (χ3n) is 2.38. The second-order valence-corrected chi connectivity index (χ2v) is 6.84. The summed E-state index contributed by atoms with van der Waals surface area (Å²) in [5.74, 6) is 0.0256. The van der Waals surface area contributed by atoms with Crippen LogP contribution in [-0.2, 0) is 0 Å². The Hall–Kier alpha value is -0.850. The van der Waals surface area contributed by atoms with Crippen molar-refractivity contribution in [3.63, 3.8) is 0 Å². The van der Waals surface area contributed by atoms with Crippen molar-refractivity contribution in [3.8, 4) is 5.75 Å². The maximum Gasteiger partial charge on any atom is 0.268 e. The van der Waals surface area contributed by atoms with Gasteiger partial charge in [-0.2, -0.15) is 0 Å². The summed E-state index contributed by atoms with van der Waals surface area (Å²) < 4.78 is 1.75. The van der Waals surface area contributed by atoms with E-state index >= 15 is 0 Å². The number of rotatable bonds is 2. The Kier molecular flexibility index (Phi) is 4.09. The third-order valence-corrected chi connectivity index (χ3v) is 5.62. The fourth-order valence-electron chi connectivity index (χ4n) is 1.44. The first kappa shape index (κ1) is 13.6. The number of anilines is 1. The molecule has 0 fully saturated rings. The number of carbonyl (C=O) groups is 1. The molecule has 0 aliphatic carbocycles. The van der Waals surface area contributed by atoms with Gasteiger partial charge in [-0.05, 0) is 50.1 Å². The standard InChI is InChI=1S/C12H9Br2NO2S/c1-15(7-3-2-4-8(16)5-7)12(17)10-6-9(13)11(14)18-10/h2-6,16H,1H3. The number of phenols is 1. The first-order chi connectivity index (χ1) is 8.49. The number of thiophene rings is 1. The molecule has 18 heavy (non-hydrogen) atoms. The molecule has 94 valence electrons. The van der Waals surface area contributed by atoms with Crippen molar-refractivity contribution in [1.29, 1.82) is 0 Å². The summed E-state index contributed by atoms with van der Waals surface area (Å²) in [5, 5.41) is 9.41. The lowest BCUT2D eigenvalue weighted by molar-refractivity contribution is 0.0997. The largest absolute Gasteiger partial charge is 0.508 e. The summed E-state index contributed by atoms with van der Waals surface area (Å²) in [6.07, 6.45) is 0. The Morgan fingerprint density at radius 3 is 2.61 bits per heavy atom. The Labute approximate surface area is 125 Å². The van der Waals surface area contributed by atoms with E-state index in [-0.39, 0.29) is 11.7 Å². The van der Waals surface area contributed by atoms with Gasteiger partial charge in [0.05, 0.1) is 8.66 Å². The minimum absolute atomic E-state index is 0.114. The van der Waals surface area contributed by atoms with Crippen LogP contribution < -0.4 is 4.90 Å². The number of halogens is 2. The average molecular weight is 391 g/mol. The van der Waals surface area contributed by atoms with Crippen LogP contribution in [0.25, 0.3) is 0 Å². The molecular formula is C12H9Br2NO2S. The van der Waals surface area contributed by atoms with Gasteiger partial charge in [0.2, 0.25) is 0 Å². The summed E-state index contributed by atoms with van der Waals surface area (Å²) in [5.41, 5.74) is 0.653. The van der Waals surface area contributed by atoms with Crippen molar-refractivity contribution in [1.82, 2.24) is 0 Å². The molecule has 1 N–H and O–H groups in total. The van der Waals surface area contributed by atoms with Crippen molar-refractivity contribution < 1.29 is 9.90 Å². The molecule has 0 spiro atoms. The van der Waals surface area contributed by atoms with E-state index in [2.05, 4.69) is 31.9 Å². The van der Waals surface area contributed by atoms with Gasteiger partial charge in [0.25, 0.3) is 5.91 Å². The number of benzene rings is 1. The molecule has 0 bridgehead atoms. The zero-order valence-corrected chi connectivity index (χ0v) is 13.3. The normalized spacial score (nSPS) is 10.4. The van der Waals surface area contributed by atoms with E-state index in [4.69, 9.17) is 0 Å². The molecule has 1 amide bonds. The maximum absolute atomic E-state index is 12.2. The molecule has 0 aliphatic heterocycles. The number of phenolic OH excluding ortho intramolecular Hbond substituents is 1. The van der Waals surface area contributed by atoms with Gasteiger partial charge in [-0.25, -0.2) is 0 Å². The molecule has 0 unspecified atom stereocenters. The molecule has 3 nitrogen and oxygen atoms in total. The van der Waals surface area contributed by atoms with Crippen molar-refractivity contribution in [2.75, 3.05) is 11.9 Å². The fraction of sp³-hybridized carbons (Fsp3) is 0.0833. The van der Waals surface area contributed by atoms with Gasteiger partial charge >= 0.3 is 0 Å². The van der Waals surface area contributed by atoms with Gasteiger partial charge in [0.1, 0.15) is 5.75 Å².